The number of cyclic esters (lactones) is 1. The number of ketones is 1. The van der Waals surface area contributed by atoms with E-state index in [9.17, 15) is 39.9 Å². The zero-order chi connectivity index (χ0) is 47.8. The number of methoxy groups -OCH3 is 2. The number of hydrogen-bond acceptors (Lipinski definition) is 18. The largest absolute Gasteiger partial charge is 0.462 e. The summed E-state index contributed by atoms with van der Waals surface area (Å²) >= 11 is 0. The van der Waals surface area contributed by atoms with E-state index in [-0.39, 0.29) is 31.7 Å². The molecule has 1 unspecified atom stereocenters. The van der Waals surface area contributed by atoms with Crippen molar-refractivity contribution in [1.82, 2.24) is 4.90 Å². The first-order valence-corrected chi connectivity index (χ1v) is 22.7. The van der Waals surface area contributed by atoms with Gasteiger partial charge < -0.3 is 77.9 Å². The number of hydrogen-bond donors (Lipinski definition) is 5. The summed E-state index contributed by atoms with van der Waals surface area (Å²) in [6.45, 7) is 13.6. The fourth-order valence-corrected chi connectivity index (χ4v) is 9.51. The van der Waals surface area contributed by atoms with Gasteiger partial charge in [-0.05, 0) is 73.5 Å². The van der Waals surface area contributed by atoms with Crippen LogP contribution >= 0.6 is 0 Å². The van der Waals surface area contributed by atoms with E-state index in [1.54, 1.807) is 59.7 Å². The maximum absolute atomic E-state index is 13.8. The van der Waals surface area contributed by atoms with Crippen molar-refractivity contribution in [2.75, 3.05) is 34.9 Å². The molecular formula is C46H77NO17. The number of aliphatic hydroxyl groups is 5. The number of esters is 1. The lowest BCUT2D eigenvalue weighted by Gasteiger charge is -2.50. The molecule has 0 aromatic rings. The van der Waals surface area contributed by atoms with Gasteiger partial charge in [-0.25, -0.2) is 0 Å². The molecule has 0 aliphatic carbocycles. The van der Waals surface area contributed by atoms with Gasteiger partial charge in [-0.15, -0.1) is 0 Å². The Morgan fingerprint density at radius 1 is 0.859 bits per heavy atom. The number of aldehydes is 1. The third-order valence-electron chi connectivity index (χ3n) is 13.4. The van der Waals surface area contributed by atoms with Gasteiger partial charge in [0.05, 0.1) is 55.2 Å². The fraction of sp³-hybridized carbons (Fsp3) is 0.848. The normalized spacial score (nSPS) is 45.9. The lowest BCUT2D eigenvalue weighted by Crippen LogP contribution is -2.65. The molecule has 0 amide bonds. The van der Waals surface area contributed by atoms with Crippen LogP contribution in [0.1, 0.15) is 87.5 Å². The summed E-state index contributed by atoms with van der Waals surface area (Å²) in [5.74, 6) is -3.59. The van der Waals surface area contributed by atoms with Crippen molar-refractivity contribution in [3.63, 3.8) is 0 Å². The summed E-state index contributed by atoms with van der Waals surface area (Å²) in [6.07, 6.45) is -8.49. The molecule has 64 heavy (non-hydrogen) atoms. The lowest BCUT2D eigenvalue weighted by molar-refractivity contribution is -0.341. The Bertz CT molecular complexity index is 1560. The summed E-state index contributed by atoms with van der Waals surface area (Å²) in [7, 11) is 6.43. The maximum Gasteiger partial charge on any atom is 0.308 e. The molecule has 0 aromatic heterocycles. The van der Waals surface area contributed by atoms with Crippen LogP contribution < -0.4 is 0 Å². The summed E-state index contributed by atoms with van der Waals surface area (Å²) in [5.41, 5.74) is -0.806. The zero-order valence-electron chi connectivity index (χ0n) is 39.7. The minimum absolute atomic E-state index is 0.00788. The molecule has 4 heterocycles. The third-order valence-corrected chi connectivity index (χ3v) is 13.4. The monoisotopic (exact) mass is 916 g/mol. The molecule has 4 rings (SSSR count). The Hall–Kier alpha value is -2.27. The topological polar surface area (TPSA) is 239 Å². The molecule has 4 aliphatic heterocycles. The lowest BCUT2D eigenvalue weighted by atomic mass is 9.79. The number of likely N-dealkylation sites (N-methyl/N-ethyl adjacent to an activating group) is 1. The summed E-state index contributed by atoms with van der Waals surface area (Å²) in [5, 5.41) is 55.8. The number of aliphatic hydroxyl groups excluding tert-OH is 4. The maximum atomic E-state index is 13.8. The highest BCUT2D eigenvalue weighted by molar-refractivity contribution is 5.91. The highest BCUT2D eigenvalue weighted by Gasteiger charge is 2.52. The van der Waals surface area contributed by atoms with Crippen molar-refractivity contribution < 1.29 is 82.5 Å². The van der Waals surface area contributed by atoms with Crippen LogP contribution in [0, 0.1) is 23.7 Å². The molecule has 21 atom stereocenters. The van der Waals surface area contributed by atoms with Crippen molar-refractivity contribution in [2.45, 2.75) is 191 Å². The molecule has 3 saturated heterocycles. The van der Waals surface area contributed by atoms with Gasteiger partial charge in [-0.3, -0.25) is 9.59 Å². The van der Waals surface area contributed by atoms with Gasteiger partial charge in [0.15, 0.2) is 24.7 Å². The van der Waals surface area contributed by atoms with Crippen molar-refractivity contribution in [3.05, 3.63) is 23.8 Å². The Kier molecular flexibility index (Phi) is 20.5. The fourth-order valence-electron chi connectivity index (χ4n) is 9.51. The Morgan fingerprint density at radius 3 is 2.11 bits per heavy atom. The van der Waals surface area contributed by atoms with Gasteiger partial charge in [0.25, 0.3) is 0 Å². The molecule has 18 heteroatoms. The number of ether oxygens (including phenoxy) is 9. The van der Waals surface area contributed by atoms with Crippen LogP contribution in [0.4, 0.5) is 0 Å². The van der Waals surface area contributed by atoms with Gasteiger partial charge in [0.2, 0.25) is 0 Å². The Labute approximate surface area is 378 Å². The zero-order valence-corrected chi connectivity index (χ0v) is 39.7. The van der Waals surface area contributed by atoms with Crippen LogP contribution in [-0.4, -0.2) is 187 Å². The van der Waals surface area contributed by atoms with E-state index < -0.39 is 140 Å². The Balaban J connectivity index is 1.62. The SMILES string of the molecule is CC[C@H]1OC(=O)C[C@@H](O)[C@H](C)[C@@H](O[C@@H]2O[C@H](C)[C@@H](O[C@H]3C[C@@](C)(O)[C@@H](O)[C@H](C)O3)[C@H](N(C)C)[C@H]2O)C(CC=O)C[C@@H](C)C(=O)/C=C\C(C)=C/[C@@H]1CO[C@@H]1O[C@H](C)[C@@H](O)[C@@H](OC)[C@H]1OC. The number of allylic oxidation sites excluding steroid dienone is 3. The van der Waals surface area contributed by atoms with Crippen molar-refractivity contribution in [1.29, 1.82) is 0 Å². The molecule has 0 aromatic carbocycles. The molecule has 0 saturated carbocycles. The standard InChI is InChI=1S/C46H77NO17/c1-13-33-30(22-58-45-42(57-12)41(56-11)37(52)26(5)60-45)18-23(2)14-15-31(49)24(3)19-29(16-17-48)39(25(4)32(50)20-34(51)62-33)64-44-38(53)36(47(9)10)40(27(6)61-44)63-35-21-46(8,55)43(54)28(7)59-35/h14-15,17-18,24-30,32-33,35-45,50,52-55H,13,16,19-22H2,1-12H3/b15-14-,23-18-/t24-,25+,26-,27-,28+,29?,30-,32-,33-,35+,36-,37-,38-,39-,40-,41-,42-,43+,44+,45-,46-/m1/s1. The van der Waals surface area contributed by atoms with E-state index in [2.05, 4.69) is 0 Å². The second kappa shape index (κ2) is 24.1. The first-order chi connectivity index (χ1) is 30.1. The number of nitrogens with zero attached hydrogens (tertiary/aromatic N) is 1. The van der Waals surface area contributed by atoms with Crippen LogP contribution in [0.2, 0.25) is 0 Å². The van der Waals surface area contributed by atoms with Crippen LogP contribution in [0.15, 0.2) is 23.8 Å². The molecular weight excluding hydrogens is 838 g/mol. The molecule has 18 nitrogen and oxygen atoms in total. The van der Waals surface area contributed by atoms with Gasteiger partial charge in [0.1, 0.15) is 49.0 Å². The van der Waals surface area contributed by atoms with Crippen molar-refractivity contribution in [3.8, 4) is 0 Å². The smallest absolute Gasteiger partial charge is 0.308 e. The average Bonchev–Trinajstić information content (AvgIpc) is 3.23. The number of rotatable bonds is 13. The molecule has 3 fully saturated rings. The minimum atomic E-state index is -1.49. The summed E-state index contributed by atoms with van der Waals surface area (Å²) in [6, 6.07) is -0.748. The molecule has 0 spiro atoms. The van der Waals surface area contributed by atoms with E-state index in [1.165, 1.54) is 27.2 Å². The second-order valence-corrected chi connectivity index (χ2v) is 18.7. The number of carbonyl (C=O) groups excluding carboxylic acids is 3. The van der Waals surface area contributed by atoms with Crippen LogP contribution in [0.25, 0.3) is 0 Å². The van der Waals surface area contributed by atoms with E-state index in [1.807, 2.05) is 19.9 Å². The molecule has 0 radical (unpaired) electrons. The van der Waals surface area contributed by atoms with Gasteiger partial charge >= 0.3 is 5.97 Å². The number of carbonyl (C=O) groups is 3. The van der Waals surface area contributed by atoms with E-state index >= 15 is 0 Å². The van der Waals surface area contributed by atoms with Crippen molar-refractivity contribution in [2.24, 2.45) is 23.7 Å². The highest BCUT2D eigenvalue weighted by Crippen LogP contribution is 2.37. The molecule has 5 N–H and O–H groups in total. The second-order valence-electron chi connectivity index (χ2n) is 18.7. The predicted molar refractivity (Wildman–Crippen MR) is 230 cm³/mol. The van der Waals surface area contributed by atoms with Crippen LogP contribution in [0.5, 0.6) is 0 Å². The quantitative estimate of drug-likeness (QED) is 0.131. The molecule has 0 bridgehead atoms. The molecule has 368 valence electrons. The average molecular weight is 916 g/mol. The first kappa shape index (κ1) is 54.3. The van der Waals surface area contributed by atoms with Gasteiger partial charge in [-0.2, -0.15) is 0 Å². The van der Waals surface area contributed by atoms with E-state index in [0.717, 1.165) is 6.29 Å². The summed E-state index contributed by atoms with van der Waals surface area (Å²) < 4.78 is 54.7. The van der Waals surface area contributed by atoms with Gasteiger partial charge in [0, 0.05) is 44.8 Å². The minimum Gasteiger partial charge on any atom is -0.462 e. The highest BCUT2D eigenvalue weighted by atomic mass is 16.7. The van der Waals surface area contributed by atoms with Crippen molar-refractivity contribution >= 4 is 18.0 Å². The Morgan fingerprint density at radius 2 is 1.52 bits per heavy atom. The molecule has 4 aliphatic rings. The first-order valence-electron chi connectivity index (χ1n) is 22.7. The van der Waals surface area contributed by atoms with Crippen LogP contribution in [-0.2, 0) is 57.0 Å². The third kappa shape index (κ3) is 13.5. The van der Waals surface area contributed by atoms with Gasteiger partial charge in [-0.1, -0.05) is 38.5 Å². The predicted octanol–water partition coefficient (Wildman–Crippen LogP) is 1.83. The van der Waals surface area contributed by atoms with E-state index in [0.29, 0.717) is 12.0 Å². The van der Waals surface area contributed by atoms with Crippen LogP contribution in [0.3, 0.4) is 0 Å². The summed E-state index contributed by atoms with van der Waals surface area (Å²) in [4.78, 5) is 41.5. The van der Waals surface area contributed by atoms with E-state index in [4.69, 9.17) is 42.6 Å².